The molecule has 1 N–H and O–H groups in total. The van der Waals surface area contributed by atoms with Crippen LogP contribution >= 0.6 is 0 Å². The van der Waals surface area contributed by atoms with Gasteiger partial charge in [0.1, 0.15) is 5.75 Å². The molecule has 4 rings (SSSR count). The number of halogens is 3. The predicted molar refractivity (Wildman–Crippen MR) is 110 cm³/mol. The Morgan fingerprint density at radius 2 is 1.90 bits per heavy atom. The fourth-order valence-electron chi connectivity index (χ4n) is 4.81. The molecule has 2 aromatic rings. The summed E-state index contributed by atoms with van der Waals surface area (Å²) in [5.74, 6) is 0.371. The Labute approximate surface area is 175 Å². The van der Waals surface area contributed by atoms with Gasteiger partial charge in [0.05, 0.1) is 29.9 Å². The van der Waals surface area contributed by atoms with Crippen molar-refractivity contribution in [3.05, 3.63) is 65.2 Å². The van der Waals surface area contributed by atoms with Crippen LogP contribution in [0.1, 0.15) is 61.8 Å². The van der Waals surface area contributed by atoms with E-state index in [4.69, 9.17) is 9.47 Å². The minimum absolute atomic E-state index is 0.0257. The van der Waals surface area contributed by atoms with E-state index in [1.165, 1.54) is 12.1 Å². The van der Waals surface area contributed by atoms with E-state index in [1.54, 1.807) is 0 Å². The van der Waals surface area contributed by atoms with Crippen molar-refractivity contribution in [2.24, 2.45) is 0 Å². The second kappa shape index (κ2) is 8.23. The maximum Gasteiger partial charge on any atom is 0.416 e. The van der Waals surface area contributed by atoms with Crippen molar-refractivity contribution in [1.29, 1.82) is 0 Å². The van der Waals surface area contributed by atoms with Gasteiger partial charge in [-0.15, -0.1) is 0 Å². The lowest BCUT2D eigenvalue weighted by molar-refractivity contribution is -0.137. The zero-order valence-electron chi connectivity index (χ0n) is 17.3. The average molecular weight is 419 g/mol. The molecule has 2 aliphatic heterocycles. The molecule has 0 amide bonds. The van der Waals surface area contributed by atoms with Gasteiger partial charge in [-0.1, -0.05) is 30.3 Å². The topological polar surface area (TPSA) is 30.5 Å². The van der Waals surface area contributed by atoms with Crippen molar-refractivity contribution in [1.82, 2.24) is 5.32 Å². The van der Waals surface area contributed by atoms with Crippen molar-refractivity contribution < 1.29 is 22.6 Å². The summed E-state index contributed by atoms with van der Waals surface area (Å²) in [5, 5.41) is 3.59. The van der Waals surface area contributed by atoms with E-state index in [1.807, 2.05) is 32.0 Å². The third-order valence-corrected chi connectivity index (χ3v) is 6.09. The summed E-state index contributed by atoms with van der Waals surface area (Å²) in [7, 11) is 0. The molecule has 3 nitrogen and oxygen atoms in total. The van der Waals surface area contributed by atoms with Crippen molar-refractivity contribution >= 4 is 0 Å². The molecule has 0 bridgehead atoms. The van der Waals surface area contributed by atoms with Gasteiger partial charge in [0.15, 0.2) is 0 Å². The minimum Gasteiger partial charge on any atom is -0.491 e. The van der Waals surface area contributed by atoms with Gasteiger partial charge in [-0.2, -0.15) is 13.2 Å². The molecule has 162 valence electrons. The highest BCUT2D eigenvalue weighted by atomic mass is 19.4. The van der Waals surface area contributed by atoms with Gasteiger partial charge in [0, 0.05) is 11.5 Å². The number of benzene rings is 2. The SMILES string of the molecule is CC(C)Oc1ccc(C(F)(F)F)cc1C1CO[C@]2(CCCN[C@H]2c2ccccc2)C1. The Balaban J connectivity index is 1.67. The molecule has 0 saturated carbocycles. The Bertz CT molecular complexity index is 868. The third-order valence-electron chi connectivity index (χ3n) is 6.09. The van der Waals surface area contributed by atoms with Crippen LogP contribution in [-0.2, 0) is 10.9 Å². The average Bonchev–Trinajstić information content (AvgIpc) is 3.12. The molecule has 30 heavy (non-hydrogen) atoms. The number of hydrogen-bond donors (Lipinski definition) is 1. The fourth-order valence-corrected chi connectivity index (χ4v) is 4.81. The Morgan fingerprint density at radius 3 is 2.60 bits per heavy atom. The maximum absolute atomic E-state index is 13.4. The van der Waals surface area contributed by atoms with Crippen LogP contribution in [0.5, 0.6) is 5.75 Å². The number of piperidine rings is 1. The number of rotatable bonds is 4. The van der Waals surface area contributed by atoms with Crippen LogP contribution in [0.15, 0.2) is 48.5 Å². The van der Waals surface area contributed by atoms with E-state index >= 15 is 0 Å². The second-order valence-electron chi connectivity index (χ2n) is 8.60. The monoisotopic (exact) mass is 419 g/mol. The van der Waals surface area contributed by atoms with Gasteiger partial charge in [0.2, 0.25) is 0 Å². The molecule has 2 saturated heterocycles. The highest BCUT2D eigenvalue weighted by molar-refractivity contribution is 5.42. The molecule has 1 unspecified atom stereocenters. The van der Waals surface area contributed by atoms with Gasteiger partial charge in [-0.05, 0) is 63.4 Å². The largest absolute Gasteiger partial charge is 0.491 e. The maximum atomic E-state index is 13.4. The predicted octanol–water partition coefficient (Wildman–Crippen LogP) is 5.86. The first-order valence-electron chi connectivity index (χ1n) is 10.6. The molecular formula is C24H28F3NO2. The standard InChI is InChI=1S/C24H28F3NO2/c1-16(2)30-21-10-9-19(24(25,26)27)13-20(21)18-14-23(29-15-18)11-6-12-28-22(23)17-7-4-3-5-8-17/h3-5,7-10,13,16,18,22,28H,6,11-12,14-15H2,1-2H3/t18?,22-,23+/m0/s1. The van der Waals surface area contributed by atoms with Crippen LogP contribution in [-0.4, -0.2) is 24.9 Å². The molecule has 2 heterocycles. The first-order chi connectivity index (χ1) is 14.3. The third kappa shape index (κ3) is 4.21. The first-order valence-corrected chi connectivity index (χ1v) is 10.6. The van der Waals surface area contributed by atoms with Crippen LogP contribution in [0.2, 0.25) is 0 Å². The summed E-state index contributed by atoms with van der Waals surface area (Å²) < 4.78 is 52.5. The molecule has 0 aromatic heterocycles. The normalized spacial score (nSPS) is 27.0. The van der Waals surface area contributed by atoms with Crippen LogP contribution in [0.25, 0.3) is 0 Å². The summed E-state index contributed by atoms with van der Waals surface area (Å²) in [6, 6.07) is 14.0. The lowest BCUT2D eigenvalue weighted by atomic mass is 9.76. The highest BCUT2D eigenvalue weighted by Crippen LogP contribution is 2.50. The van der Waals surface area contributed by atoms with Gasteiger partial charge >= 0.3 is 6.18 Å². The van der Waals surface area contributed by atoms with E-state index in [0.717, 1.165) is 31.0 Å². The number of alkyl halides is 3. The molecule has 2 aromatic carbocycles. The lowest BCUT2D eigenvalue weighted by Crippen LogP contribution is -2.48. The van der Waals surface area contributed by atoms with Crippen molar-refractivity contribution in [3.63, 3.8) is 0 Å². The number of ether oxygens (including phenoxy) is 2. The molecule has 2 fully saturated rings. The molecule has 3 atom stereocenters. The van der Waals surface area contributed by atoms with Crippen molar-refractivity contribution in [2.45, 2.75) is 63.0 Å². The summed E-state index contributed by atoms with van der Waals surface area (Å²) in [6.07, 6.45) is -1.98. The van der Waals surface area contributed by atoms with Gasteiger partial charge in [0.25, 0.3) is 0 Å². The van der Waals surface area contributed by atoms with Crippen molar-refractivity contribution in [3.8, 4) is 5.75 Å². The van der Waals surface area contributed by atoms with E-state index in [2.05, 4.69) is 17.4 Å². The zero-order valence-corrected chi connectivity index (χ0v) is 17.3. The zero-order chi connectivity index (χ0) is 21.4. The molecule has 2 aliphatic rings. The number of hydrogen-bond acceptors (Lipinski definition) is 3. The van der Waals surface area contributed by atoms with Gasteiger partial charge in [-0.3, -0.25) is 0 Å². The number of nitrogens with one attached hydrogen (secondary N) is 1. The smallest absolute Gasteiger partial charge is 0.416 e. The highest BCUT2D eigenvalue weighted by Gasteiger charge is 2.49. The summed E-state index contributed by atoms with van der Waals surface area (Å²) >= 11 is 0. The van der Waals surface area contributed by atoms with Crippen LogP contribution in [0, 0.1) is 0 Å². The van der Waals surface area contributed by atoms with Gasteiger partial charge in [-0.25, -0.2) is 0 Å². The molecule has 0 radical (unpaired) electrons. The summed E-state index contributed by atoms with van der Waals surface area (Å²) in [5.41, 5.74) is 0.678. The summed E-state index contributed by atoms with van der Waals surface area (Å²) in [4.78, 5) is 0. The Kier molecular flexibility index (Phi) is 5.82. The van der Waals surface area contributed by atoms with Crippen molar-refractivity contribution in [2.75, 3.05) is 13.2 Å². The van der Waals surface area contributed by atoms with E-state index in [0.29, 0.717) is 24.3 Å². The van der Waals surface area contributed by atoms with E-state index in [-0.39, 0.29) is 18.1 Å². The Hall–Kier alpha value is -2.05. The van der Waals surface area contributed by atoms with E-state index in [9.17, 15) is 13.2 Å². The molecular weight excluding hydrogens is 391 g/mol. The fraction of sp³-hybridized carbons (Fsp3) is 0.500. The van der Waals surface area contributed by atoms with Gasteiger partial charge < -0.3 is 14.8 Å². The second-order valence-corrected chi connectivity index (χ2v) is 8.60. The quantitative estimate of drug-likeness (QED) is 0.673. The summed E-state index contributed by atoms with van der Waals surface area (Å²) in [6.45, 7) is 5.05. The minimum atomic E-state index is -4.39. The first kappa shape index (κ1) is 21.2. The Morgan fingerprint density at radius 1 is 1.13 bits per heavy atom. The molecule has 0 aliphatic carbocycles. The van der Waals surface area contributed by atoms with E-state index < -0.39 is 17.3 Å². The van der Waals surface area contributed by atoms with Crippen LogP contribution < -0.4 is 10.1 Å². The molecule has 1 spiro atoms. The van der Waals surface area contributed by atoms with Crippen LogP contribution in [0.3, 0.4) is 0 Å². The van der Waals surface area contributed by atoms with Crippen LogP contribution in [0.4, 0.5) is 13.2 Å². The molecule has 6 heteroatoms. The lowest BCUT2D eigenvalue weighted by Gasteiger charge is -2.41.